The van der Waals surface area contributed by atoms with E-state index in [0.29, 0.717) is 12.8 Å². The molecule has 0 aromatic carbocycles. The molecule has 0 amide bonds. The predicted octanol–water partition coefficient (Wildman–Crippen LogP) is 11.0. The zero-order valence-electron chi connectivity index (χ0n) is 35.8. The van der Waals surface area contributed by atoms with E-state index in [-0.39, 0.29) is 12.8 Å². The third-order valence-electron chi connectivity index (χ3n) is 8.57. The Balaban J connectivity index is 4.61. The van der Waals surface area contributed by atoms with Gasteiger partial charge in [-0.1, -0.05) is 132 Å². The molecule has 0 fully saturated rings. The van der Waals surface area contributed by atoms with E-state index in [9.17, 15) is 28.7 Å². The van der Waals surface area contributed by atoms with Crippen molar-refractivity contribution in [1.29, 1.82) is 0 Å². The van der Waals surface area contributed by atoms with Crippen LogP contribution in [0.15, 0.2) is 72.9 Å². The minimum Gasteiger partial charge on any atom is -0.462 e. The van der Waals surface area contributed by atoms with Crippen LogP contribution in [0.1, 0.15) is 155 Å². The fourth-order valence-corrected chi connectivity index (χ4v) is 6.46. The first-order valence-corrected chi connectivity index (χ1v) is 24.7. The molecule has 0 aliphatic carbocycles. The van der Waals surface area contributed by atoms with Crippen LogP contribution in [0, 0.1) is 0 Å². The van der Waals surface area contributed by atoms with E-state index in [4.69, 9.17) is 23.8 Å². The van der Waals surface area contributed by atoms with Gasteiger partial charge in [-0.25, -0.2) is 9.13 Å². The summed E-state index contributed by atoms with van der Waals surface area (Å²) < 4.78 is 47.7. The molecule has 0 heterocycles. The second-order valence-corrected chi connectivity index (χ2v) is 16.9. The van der Waals surface area contributed by atoms with Crippen molar-refractivity contribution in [3.8, 4) is 0 Å². The van der Waals surface area contributed by atoms with Gasteiger partial charge in [0.15, 0.2) is 6.10 Å². The van der Waals surface area contributed by atoms with Gasteiger partial charge in [0, 0.05) is 12.8 Å². The maximum atomic E-state index is 12.7. The summed E-state index contributed by atoms with van der Waals surface area (Å²) in [5.41, 5.74) is 0. The van der Waals surface area contributed by atoms with Gasteiger partial charge in [0.25, 0.3) is 0 Å². The lowest BCUT2D eigenvalue weighted by molar-refractivity contribution is -0.161. The highest BCUT2D eigenvalue weighted by Gasteiger charge is 2.28. The van der Waals surface area contributed by atoms with Crippen LogP contribution in [-0.2, 0) is 41.8 Å². The molecule has 3 unspecified atom stereocenters. The van der Waals surface area contributed by atoms with Gasteiger partial charge in [0.2, 0.25) is 0 Å². The van der Waals surface area contributed by atoms with Crippen LogP contribution in [0.5, 0.6) is 0 Å². The Morgan fingerprint density at radius 3 is 1.44 bits per heavy atom. The summed E-state index contributed by atoms with van der Waals surface area (Å²) in [6.07, 6.45) is 43.2. The molecule has 0 aliphatic rings. The quantitative estimate of drug-likeness (QED) is 0.0197. The van der Waals surface area contributed by atoms with Crippen LogP contribution >= 0.6 is 15.6 Å². The lowest BCUT2D eigenvalue weighted by atomic mass is 10.1. The van der Waals surface area contributed by atoms with Crippen LogP contribution in [0.25, 0.3) is 0 Å². The van der Waals surface area contributed by atoms with Crippen molar-refractivity contribution in [3.05, 3.63) is 72.9 Å². The van der Waals surface area contributed by atoms with E-state index < -0.39 is 66.2 Å². The van der Waals surface area contributed by atoms with E-state index in [1.807, 2.05) is 0 Å². The number of aliphatic hydroxyl groups is 1. The average molecular weight is 875 g/mol. The Morgan fingerprint density at radius 2 is 0.932 bits per heavy atom. The number of esters is 2. The second-order valence-electron chi connectivity index (χ2n) is 14.2. The molecule has 0 radical (unpaired) electrons. The summed E-state index contributed by atoms with van der Waals surface area (Å²) in [6, 6.07) is 0. The topological polar surface area (TPSA) is 195 Å². The standard InChI is InChI=1S/C44H76O13P2/c1-3-5-7-9-11-13-15-17-19-20-22-24-26-28-30-32-34-36-44(47)57-42(40-56-59(51,52)55-38-41(45)37-54-58(48,49)50)39-53-43(46)35-33-31-29-27-25-23-21-18-16-14-12-10-8-6-4-2/h6,8,11-14,17-19,21-22,24,41-42,45H,3-5,7,9-10,15-16,20,23,25-40H2,1-2H3,(H,51,52)(H2,48,49,50). The fraction of sp³-hybridized carbons (Fsp3) is 0.682. The van der Waals surface area contributed by atoms with Crippen LogP contribution in [0.4, 0.5) is 0 Å². The van der Waals surface area contributed by atoms with Crippen LogP contribution in [0.2, 0.25) is 0 Å². The second kappa shape index (κ2) is 39.7. The minimum absolute atomic E-state index is 0.0982. The van der Waals surface area contributed by atoms with E-state index in [0.717, 1.165) is 96.3 Å². The van der Waals surface area contributed by atoms with Crippen molar-refractivity contribution < 1.29 is 61.6 Å². The van der Waals surface area contributed by atoms with Crippen molar-refractivity contribution in [2.45, 2.75) is 167 Å². The third-order valence-corrected chi connectivity index (χ3v) is 10.0. The number of rotatable bonds is 40. The summed E-state index contributed by atoms with van der Waals surface area (Å²) in [6.45, 7) is 1.56. The van der Waals surface area contributed by atoms with Gasteiger partial charge < -0.3 is 29.3 Å². The maximum Gasteiger partial charge on any atom is 0.472 e. The summed E-state index contributed by atoms with van der Waals surface area (Å²) in [5.74, 6) is -1.08. The van der Waals surface area contributed by atoms with Gasteiger partial charge in [-0.2, -0.15) is 0 Å². The SMILES string of the molecule is CCC=CCC=CCC=CCCCCCCCC(=O)OCC(COP(=O)(O)OCC(O)COP(=O)(O)O)OC(=O)CCCCCCC=CCC=CCC=CCCCCC. The molecule has 0 rings (SSSR count). The number of carbonyl (C=O) groups is 2. The molecule has 0 bridgehead atoms. The fourth-order valence-electron chi connectivity index (χ4n) is 5.31. The van der Waals surface area contributed by atoms with Crippen LogP contribution in [0.3, 0.4) is 0 Å². The zero-order valence-corrected chi connectivity index (χ0v) is 37.6. The molecule has 0 aliphatic heterocycles. The number of ether oxygens (including phenoxy) is 2. The van der Waals surface area contributed by atoms with Crippen molar-refractivity contribution in [1.82, 2.24) is 0 Å². The molecule has 59 heavy (non-hydrogen) atoms. The summed E-state index contributed by atoms with van der Waals surface area (Å²) in [7, 11) is -9.69. The lowest BCUT2D eigenvalue weighted by Gasteiger charge is -2.20. The number of allylic oxidation sites excluding steroid dienone is 12. The van der Waals surface area contributed by atoms with Gasteiger partial charge in [0.1, 0.15) is 12.7 Å². The molecule has 3 atom stereocenters. The van der Waals surface area contributed by atoms with E-state index in [1.165, 1.54) is 19.3 Å². The van der Waals surface area contributed by atoms with Crippen molar-refractivity contribution in [2.24, 2.45) is 0 Å². The third kappa shape index (κ3) is 43.5. The van der Waals surface area contributed by atoms with Crippen LogP contribution in [-0.4, -0.2) is 70.4 Å². The van der Waals surface area contributed by atoms with Crippen LogP contribution < -0.4 is 0 Å². The predicted molar refractivity (Wildman–Crippen MR) is 234 cm³/mol. The van der Waals surface area contributed by atoms with Gasteiger partial charge >= 0.3 is 27.6 Å². The van der Waals surface area contributed by atoms with Gasteiger partial charge in [-0.05, 0) is 83.5 Å². The van der Waals surface area contributed by atoms with E-state index >= 15 is 0 Å². The molecule has 0 spiro atoms. The van der Waals surface area contributed by atoms with Crippen molar-refractivity contribution >= 4 is 27.6 Å². The largest absolute Gasteiger partial charge is 0.472 e. The van der Waals surface area contributed by atoms with E-state index in [1.54, 1.807) is 0 Å². The number of phosphoric ester groups is 2. The molecule has 0 saturated carbocycles. The Labute approximate surface area is 354 Å². The van der Waals surface area contributed by atoms with Crippen molar-refractivity contribution in [3.63, 3.8) is 0 Å². The van der Waals surface area contributed by atoms with E-state index in [2.05, 4.69) is 95.8 Å². The number of hydrogen-bond donors (Lipinski definition) is 4. The lowest BCUT2D eigenvalue weighted by Crippen LogP contribution is -2.30. The molecule has 4 N–H and O–H groups in total. The first kappa shape index (κ1) is 56.6. The smallest absolute Gasteiger partial charge is 0.462 e. The average Bonchev–Trinajstić information content (AvgIpc) is 3.19. The monoisotopic (exact) mass is 874 g/mol. The molecule has 15 heteroatoms. The molecule has 340 valence electrons. The molecular weight excluding hydrogens is 798 g/mol. The number of phosphoric acid groups is 2. The normalized spacial score (nSPS) is 14.7. The molecule has 0 aromatic rings. The van der Waals surface area contributed by atoms with Gasteiger partial charge in [-0.3, -0.25) is 23.2 Å². The Bertz CT molecular complexity index is 1320. The maximum absolute atomic E-state index is 12.7. The molecule has 13 nitrogen and oxygen atoms in total. The summed E-state index contributed by atoms with van der Waals surface area (Å²) in [5, 5.41) is 9.74. The Hall–Kier alpha value is -2.44. The number of unbranched alkanes of at least 4 members (excludes halogenated alkanes) is 12. The molecular formula is C44H76O13P2. The highest BCUT2D eigenvalue weighted by molar-refractivity contribution is 7.47. The number of hydrogen-bond acceptors (Lipinski definition) is 10. The summed E-state index contributed by atoms with van der Waals surface area (Å²) in [4.78, 5) is 52.7. The van der Waals surface area contributed by atoms with Gasteiger partial charge in [-0.15, -0.1) is 0 Å². The number of carbonyl (C=O) groups excluding carboxylic acids is 2. The molecule has 0 saturated heterocycles. The minimum atomic E-state index is -4.87. The molecule has 0 aromatic heterocycles. The Morgan fingerprint density at radius 1 is 0.508 bits per heavy atom. The Kier molecular flexibility index (Phi) is 38.0. The zero-order chi connectivity index (χ0) is 43.7. The highest BCUT2D eigenvalue weighted by atomic mass is 31.2. The van der Waals surface area contributed by atoms with Gasteiger partial charge in [0.05, 0.1) is 19.8 Å². The number of aliphatic hydroxyl groups excluding tert-OH is 1. The highest BCUT2D eigenvalue weighted by Crippen LogP contribution is 2.43. The first-order chi connectivity index (χ1) is 28.4. The van der Waals surface area contributed by atoms with Crippen molar-refractivity contribution in [2.75, 3.05) is 26.4 Å². The summed E-state index contributed by atoms with van der Waals surface area (Å²) >= 11 is 0. The first-order valence-electron chi connectivity index (χ1n) is 21.6.